The van der Waals surface area contributed by atoms with E-state index in [1.807, 2.05) is 19.1 Å². The number of nitrogens with two attached hydrogens (primary N) is 1. The van der Waals surface area contributed by atoms with Crippen molar-refractivity contribution in [3.05, 3.63) is 83.2 Å². The molecule has 3 rings (SSSR count). The molecule has 0 atom stereocenters. The van der Waals surface area contributed by atoms with Crippen molar-refractivity contribution in [1.29, 1.82) is 0 Å². The molecule has 1 aliphatic heterocycles. The van der Waals surface area contributed by atoms with Gasteiger partial charge in [0.1, 0.15) is 0 Å². The minimum absolute atomic E-state index is 0.461. The highest BCUT2D eigenvalue weighted by Crippen LogP contribution is 2.40. The third-order valence-corrected chi connectivity index (χ3v) is 5.58. The Hall–Kier alpha value is -2.98. The number of hydrogen-bond donors (Lipinski definition) is 4. The molecule has 0 bridgehead atoms. The van der Waals surface area contributed by atoms with E-state index in [9.17, 15) is 0 Å². The van der Waals surface area contributed by atoms with Gasteiger partial charge < -0.3 is 21.4 Å². The molecule has 1 aromatic heterocycles. The third kappa shape index (κ3) is 3.94. The number of H-pyrrole nitrogens is 1. The molecule has 0 radical (unpaired) electrons. The van der Waals surface area contributed by atoms with Crippen molar-refractivity contribution in [3.63, 3.8) is 0 Å². The fourth-order valence-electron chi connectivity index (χ4n) is 4.10. The maximum Gasteiger partial charge on any atom is 0.0741 e. The molecule has 0 unspecified atom stereocenters. The molecule has 152 valence electrons. The summed E-state index contributed by atoms with van der Waals surface area (Å²) in [6.45, 7) is 15.9. The van der Waals surface area contributed by atoms with E-state index < -0.39 is 0 Å². The van der Waals surface area contributed by atoms with Crippen molar-refractivity contribution in [3.8, 4) is 0 Å². The van der Waals surface area contributed by atoms with E-state index in [0.717, 1.165) is 58.9 Å². The average Bonchev–Trinajstić information content (AvgIpc) is 3.08. The van der Waals surface area contributed by atoms with E-state index in [1.54, 1.807) is 0 Å². The first-order chi connectivity index (χ1) is 14.0. The van der Waals surface area contributed by atoms with Crippen molar-refractivity contribution < 1.29 is 0 Å². The Balaban J connectivity index is 2.24. The fraction of sp³-hybridized carbons (Fsp3) is 0.280. The predicted octanol–water partition coefficient (Wildman–Crippen LogP) is 5.22. The number of rotatable bonds is 7. The Labute approximate surface area is 174 Å². The average molecular weight is 389 g/mol. The molecular weight excluding hydrogens is 356 g/mol. The molecule has 5 N–H and O–H groups in total. The van der Waals surface area contributed by atoms with Gasteiger partial charge in [-0.1, -0.05) is 50.4 Å². The first-order valence-corrected chi connectivity index (χ1v) is 10.3. The summed E-state index contributed by atoms with van der Waals surface area (Å²) >= 11 is 0. The second-order valence-electron chi connectivity index (χ2n) is 7.30. The molecule has 2 aromatic rings. The molecule has 4 heteroatoms. The van der Waals surface area contributed by atoms with Crippen molar-refractivity contribution in [2.24, 2.45) is 5.73 Å². The van der Waals surface area contributed by atoms with Crippen LogP contribution in [0, 0.1) is 6.92 Å². The van der Waals surface area contributed by atoms with Crippen LogP contribution in [0.2, 0.25) is 0 Å². The lowest BCUT2D eigenvalue weighted by molar-refractivity contribution is 0.800. The monoisotopic (exact) mass is 388 g/mol. The Morgan fingerprint density at radius 1 is 1.34 bits per heavy atom. The van der Waals surface area contributed by atoms with Gasteiger partial charge >= 0.3 is 0 Å². The highest BCUT2D eigenvalue weighted by molar-refractivity contribution is 5.93. The minimum Gasteiger partial charge on any atom is -0.385 e. The molecule has 0 fully saturated rings. The number of hydrogen-bond acceptors (Lipinski definition) is 3. The number of fused-ring (bicyclic) bond motifs is 1. The van der Waals surface area contributed by atoms with Crippen LogP contribution in [-0.4, -0.2) is 18.1 Å². The molecule has 0 aliphatic carbocycles. The number of aryl methyl sites for hydroxylation is 1. The second-order valence-corrected chi connectivity index (χ2v) is 7.30. The number of anilines is 2. The van der Waals surface area contributed by atoms with E-state index in [-0.39, 0.29) is 0 Å². The predicted molar refractivity (Wildman–Crippen MR) is 126 cm³/mol. The standard InChI is InChI=1S/C25H32N4/c1-6-10-20(18(7-2)15-26)24-25(23-17(5)27-14-13-22(23)29-24)28-21-12-9-11-16(4)19(21)8-3/h6-7,9-12,27-29H,1,5,8,13-15,26H2,2-4H3/b18-7-,20-10+. The molecule has 0 saturated carbocycles. The van der Waals surface area contributed by atoms with Gasteiger partial charge in [-0.3, -0.25) is 0 Å². The number of nitrogens with one attached hydrogen (secondary N) is 3. The summed E-state index contributed by atoms with van der Waals surface area (Å²) in [5, 5.41) is 7.15. The van der Waals surface area contributed by atoms with Gasteiger partial charge in [0.25, 0.3) is 0 Å². The molecular formula is C25H32N4. The highest BCUT2D eigenvalue weighted by atomic mass is 15.0. The fourth-order valence-corrected chi connectivity index (χ4v) is 4.10. The van der Waals surface area contributed by atoms with Crippen molar-refractivity contribution >= 4 is 22.6 Å². The van der Waals surface area contributed by atoms with E-state index in [0.29, 0.717) is 6.54 Å². The van der Waals surface area contributed by atoms with Crippen LogP contribution in [-0.2, 0) is 12.8 Å². The maximum atomic E-state index is 6.06. The first kappa shape index (κ1) is 20.7. The Morgan fingerprint density at radius 3 is 2.79 bits per heavy atom. The maximum absolute atomic E-state index is 6.06. The summed E-state index contributed by atoms with van der Waals surface area (Å²) < 4.78 is 0. The quantitative estimate of drug-likeness (QED) is 0.492. The molecule has 0 amide bonds. The normalized spacial score (nSPS) is 14.4. The Kier molecular flexibility index (Phi) is 6.45. The number of aromatic amines is 1. The molecule has 29 heavy (non-hydrogen) atoms. The topological polar surface area (TPSA) is 65.9 Å². The van der Waals surface area contributed by atoms with E-state index in [1.165, 1.54) is 16.8 Å². The van der Waals surface area contributed by atoms with Gasteiger partial charge in [-0.15, -0.1) is 0 Å². The SMILES string of the molecule is C=C/C=C(\C(=C/C)CN)c1[nH]c2c(c1Nc1cccc(C)c1CC)C(=C)NCC2. The Morgan fingerprint density at radius 2 is 2.14 bits per heavy atom. The first-order valence-electron chi connectivity index (χ1n) is 10.3. The van der Waals surface area contributed by atoms with Gasteiger partial charge in [0, 0.05) is 47.7 Å². The van der Waals surface area contributed by atoms with E-state index in [4.69, 9.17) is 5.73 Å². The molecule has 2 heterocycles. The van der Waals surface area contributed by atoms with E-state index >= 15 is 0 Å². The molecule has 4 nitrogen and oxygen atoms in total. The molecule has 0 spiro atoms. The van der Waals surface area contributed by atoms with Crippen LogP contribution in [0.25, 0.3) is 11.3 Å². The minimum atomic E-state index is 0.461. The Bertz CT molecular complexity index is 988. The lowest BCUT2D eigenvalue weighted by atomic mass is 9.97. The summed E-state index contributed by atoms with van der Waals surface area (Å²) in [7, 11) is 0. The molecule has 0 saturated heterocycles. The number of benzene rings is 1. The summed E-state index contributed by atoms with van der Waals surface area (Å²) in [6.07, 6.45) is 7.80. The lowest BCUT2D eigenvalue weighted by Gasteiger charge is -2.20. The number of allylic oxidation sites excluding steroid dienone is 3. The van der Waals surface area contributed by atoms with Gasteiger partial charge in [0.15, 0.2) is 0 Å². The second kappa shape index (κ2) is 9.01. The van der Waals surface area contributed by atoms with Gasteiger partial charge in [-0.2, -0.15) is 0 Å². The summed E-state index contributed by atoms with van der Waals surface area (Å²) in [6, 6.07) is 6.40. The smallest absolute Gasteiger partial charge is 0.0741 e. The van der Waals surface area contributed by atoms with Crippen LogP contribution in [0.4, 0.5) is 11.4 Å². The van der Waals surface area contributed by atoms with Crippen LogP contribution in [0.3, 0.4) is 0 Å². The number of aromatic nitrogens is 1. The van der Waals surface area contributed by atoms with Crippen LogP contribution in [0.1, 0.15) is 41.9 Å². The summed E-state index contributed by atoms with van der Waals surface area (Å²) in [5.74, 6) is 0. The zero-order valence-corrected chi connectivity index (χ0v) is 17.8. The van der Waals surface area contributed by atoms with Crippen molar-refractivity contribution in [2.45, 2.75) is 33.6 Å². The van der Waals surface area contributed by atoms with Crippen molar-refractivity contribution in [1.82, 2.24) is 10.3 Å². The van der Waals surface area contributed by atoms with Crippen molar-refractivity contribution in [2.75, 3.05) is 18.4 Å². The highest BCUT2D eigenvalue weighted by Gasteiger charge is 2.25. The van der Waals surface area contributed by atoms with Gasteiger partial charge in [0.2, 0.25) is 0 Å². The van der Waals surface area contributed by atoms with Crippen LogP contribution >= 0.6 is 0 Å². The zero-order chi connectivity index (χ0) is 21.0. The van der Waals surface area contributed by atoms with E-state index in [2.05, 4.69) is 66.9 Å². The summed E-state index contributed by atoms with van der Waals surface area (Å²) in [5.41, 5.74) is 17.3. The molecule has 1 aliphatic rings. The van der Waals surface area contributed by atoms with Crippen LogP contribution in [0.5, 0.6) is 0 Å². The lowest BCUT2D eigenvalue weighted by Crippen LogP contribution is -2.21. The van der Waals surface area contributed by atoms with Gasteiger partial charge in [-0.25, -0.2) is 0 Å². The largest absolute Gasteiger partial charge is 0.385 e. The van der Waals surface area contributed by atoms with Crippen LogP contribution in [0.15, 0.2) is 55.2 Å². The van der Waals surface area contributed by atoms with Gasteiger partial charge in [-0.05, 0) is 43.0 Å². The summed E-state index contributed by atoms with van der Waals surface area (Å²) in [4.78, 5) is 3.66. The zero-order valence-electron chi connectivity index (χ0n) is 17.8. The van der Waals surface area contributed by atoms with Crippen LogP contribution < -0.4 is 16.4 Å². The molecule has 1 aromatic carbocycles. The third-order valence-electron chi connectivity index (χ3n) is 5.58. The van der Waals surface area contributed by atoms with Gasteiger partial charge in [0.05, 0.1) is 11.4 Å².